The molecule has 104 valence electrons. The van der Waals surface area contributed by atoms with Crippen molar-refractivity contribution in [2.75, 3.05) is 6.54 Å². The average Bonchev–Trinajstić information content (AvgIpc) is 2.70. The minimum absolute atomic E-state index is 0.0869. The maximum Gasteiger partial charge on any atom is 0.343 e. The zero-order chi connectivity index (χ0) is 13.0. The number of H-pyrrole nitrogens is 1. The molecule has 0 aromatic carbocycles. The van der Waals surface area contributed by atoms with Crippen molar-refractivity contribution in [3.8, 4) is 0 Å². The fourth-order valence-corrected chi connectivity index (χ4v) is 5.27. The van der Waals surface area contributed by atoms with E-state index in [1.807, 2.05) is 0 Å². The highest BCUT2D eigenvalue weighted by atomic mass is 16.1. The SMILES string of the molecule is NCCn1nc(C23CC4CC(CC(C4)C2)C3)[nH]c1=O. The van der Waals surface area contributed by atoms with E-state index in [0.717, 1.165) is 23.6 Å². The summed E-state index contributed by atoms with van der Waals surface area (Å²) in [6, 6.07) is 0. The number of aromatic nitrogens is 3. The highest BCUT2D eigenvalue weighted by Gasteiger charge is 2.53. The van der Waals surface area contributed by atoms with Gasteiger partial charge in [-0.2, -0.15) is 5.10 Å². The summed E-state index contributed by atoms with van der Waals surface area (Å²) in [6.45, 7) is 0.979. The van der Waals surface area contributed by atoms with Gasteiger partial charge < -0.3 is 5.73 Å². The van der Waals surface area contributed by atoms with Crippen LogP contribution in [0.5, 0.6) is 0 Å². The summed E-state index contributed by atoms with van der Waals surface area (Å²) < 4.78 is 1.51. The molecule has 4 bridgehead atoms. The number of nitrogens with one attached hydrogen (secondary N) is 1. The molecule has 1 heterocycles. The van der Waals surface area contributed by atoms with E-state index in [9.17, 15) is 4.79 Å². The highest BCUT2D eigenvalue weighted by molar-refractivity contribution is 5.16. The van der Waals surface area contributed by atoms with Gasteiger partial charge in [0.25, 0.3) is 0 Å². The second-order valence-electron chi connectivity index (χ2n) is 6.99. The van der Waals surface area contributed by atoms with Crippen LogP contribution in [0.1, 0.15) is 44.3 Å². The van der Waals surface area contributed by atoms with Crippen LogP contribution in [0.3, 0.4) is 0 Å². The van der Waals surface area contributed by atoms with Crippen LogP contribution in [0.15, 0.2) is 4.79 Å². The fourth-order valence-electron chi connectivity index (χ4n) is 5.27. The van der Waals surface area contributed by atoms with Crippen molar-refractivity contribution in [1.82, 2.24) is 14.8 Å². The van der Waals surface area contributed by atoms with Crippen LogP contribution in [0.25, 0.3) is 0 Å². The van der Waals surface area contributed by atoms with Crippen molar-refractivity contribution in [1.29, 1.82) is 0 Å². The molecule has 19 heavy (non-hydrogen) atoms. The lowest BCUT2D eigenvalue weighted by atomic mass is 9.49. The average molecular weight is 262 g/mol. The number of hydrogen-bond acceptors (Lipinski definition) is 3. The summed E-state index contributed by atoms with van der Waals surface area (Å²) in [5.74, 6) is 3.56. The molecule has 0 amide bonds. The molecule has 3 N–H and O–H groups in total. The van der Waals surface area contributed by atoms with E-state index in [4.69, 9.17) is 5.73 Å². The van der Waals surface area contributed by atoms with E-state index in [2.05, 4.69) is 10.1 Å². The van der Waals surface area contributed by atoms with E-state index in [1.54, 1.807) is 0 Å². The van der Waals surface area contributed by atoms with E-state index in [-0.39, 0.29) is 11.1 Å². The Morgan fingerprint density at radius 2 is 1.79 bits per heavy atom. The van der Waals surface area contributed by atoms with Gasteiger partial charge in [0.2, 0.25) is 0 Å². The van der Waals surface area contributed by atoms with Gasteiger partial charge in [0.15, 0.2) is 0 Å². The first-order valence-electron chi connectivity index (χ1n) is 7.56. The van der Waals surface area contributed by atoms with Crippen molar-refractivity contribution >= 4 is 0 Å². The Bertz CT molecular complexity index is 509. The first-order valence-corrected chi connectivity index (χ1v) is 7.56. The molecular weight excluding hydrogens is 240 g/mol. The quantitative estimate of drug-likeness (QED) is 0.853. The van der Waals surface area contributed by atoms with E-state index in [0.29, 0.717) is 13.1 Å². The molecule has 4 aliphatic carbocycles. The second kappa shape index (κ2) is 3.95. The largest absolute Gasteiger partial charge is 0.343 e. The topological polar surface area (TPSA) is 76.7 Å². The molecule has 1 aromatic heterocycles. The minimum Gasteiger partial charge on any atom is -0.329 e. The summed E-state index contributed by atoms with van der Waals surface area (Å²) in [4.78, 5) is 14.9. The Morgan fingerprint density at radius 1 is 1.21 bits per heavy atom. The fraction of sp³-hybridized carbons (Fsp3) is 0.857. The summed E-state index contributed by atoms with van der Waals surface area (Å²) in [5.41, 5.74) is 5.62. The van der Waals surface area contributed by atoms with Gasteiger partial charge in [0.1, 0.15) is 5.82 Å². The molecule has 0 saturated heterocycles. The Labute approximate surface area is 112 Å². The zero-order valence-corrected chi connectivity index (χ0v) is 11.3. The summed E-state index contributed by atoms with van der Waals surface area (Å²) >= 11 is 0. The number of aromatic amines is 1. The lowest BCUT2D eigenvalue weighted by Gasteiger charge is -2.55. The number of rotatable bonds is 3. The molecule has 0 unspecified atom stereocenters. The molecule has 5 heteroatoms. The standard InChI is InChI=1S/C14H22N4O/c15-1-2-18-13(19)16-12(17-18)14-6-9-3-10(7-14)5-11(4-9)8-14/h9-11H,1-8,15H2,(H,16,17,19). The molecule has 0 atom stereocenters. The molecule has 4 saturated carbocycles. The molecule has 5 nitrogen and oxygen atoms in total. The van der Waals surface area contributed by atoms with Crippen LogP contribution in [-0.2, 0) is 12.0 Å². The van der Waals surface area contributed by atoms with Crippen molar-refractivity contribution < 1.29 is 0 Å². The highest BCUT2D eigenvalue weighted by Crippen LogP contribution is 2.59. The van der Waals surface area contributed by atoms with Gasteiger partial charge in [-0.3, -0.25) is 4.98 Å². The van der Waals surface area contributed by atoms with Crippen molar-refractivity contribution in [3.05, 3.63) is 16.3 Å². The normalized spacial score (nSPS) is 39.9. The lowest BCUT2D eigenvalue weighted by molar-refractivity contribution is -0.00946. The summed E-state index contributed by atoms with van der Waals surface area (Å²) in [6.07, 6.45) is 7.92. The molecule has 0 aliphatic heterocycles. The van der Waals surface area contributed by atoms with Crippen LogP contribution in [0.2, 0.25) is 0 Å². The maximum atomic E-state index is 11.9. The van der Waals surface area contributed by atoms with Crippen molar-refractivity contribution in [2.24, 2.45) is 23.5 Å². The van der Waals surface area contributed by atoms with Crippen LogP contribution >= 0.6 is 0 Å². The van der Waals surface area contributed by atoms with Gasteiger partial charge in [-0.25, -0.2) is 9.48 Å². The van der Waals surface area contributed by atoms with E-state index in [1.165, 1.54) is 43.2 Å². The van der Waals surface area contributed by atoms with Crippen LogP contribution in [0, 0.1) is 17.8 Å². The third-order valence-electron chi connectivity index (χ3n) is 5.56. The molecular formula is C14H22N4O. The van der Waals surface area contributed by atoms with Gasteiger partial charge in [-0.05, 0) is 56.3 Å². The predicted molar refractivity (Wildman–Crippen MR) is 71.8 cm³/mol. The molecule has 4 fully saturated rings. The molecule has 1 aromatic rings. The van der Waals surface area contributed by atoms with Gasteiger partial charge in [0.05, 0.1) is 6.54 Å². The summed E-state index contributed by atoms with van der Waals surface area (Å²) in [5, 5.41) is 4.56. The Hall–Kier alpha value is -1.10. The zero-order valence-electron chi connectivity index (χ0n) is 11.3. The second-order valence-corrected chi connectivity index (χ2v) is 6.99. The maximum absolute atomic E-state index is 11.9. The molecule has 0 spiro atoms. The number of nitrogens with two attached hydrogens (primary N) is 1. The lowest BCUT2D eigenvalue weighted by Crippen LogP contribution is -2.49. The molecule has 5 rings (SSSR count). The van der Waals surface area contributed by atoms with Crippen molar-refractivity contribution in [2.45, 2.75) is 50.5 Å². The predicted octanol–water partition coefficient (Wildman–Crippen LogP) is 0.998. The Kier molecular flexibility index (Phi) is 2.43. The number of nitrogens with zero attached hydrogens (tertiary/aromatic N) is 2. The third kappa shape index (κ3) is 1.71. The van der Waals surface area contributed by atoms with Crippen molar-refractivity contribution in [3.63, 3.8) is 0 Å². The van der Waals surface area contributed by atoms with Crippen LogP contribution in [0.4, 0.5) is 0 Å². The summed E-state index contributed by atoms with van der Waals surface area (Å²) in [7, 11) is 0. The minimum atomic E-state index is -0.0869. The van der Waals surface area contributed by atoms with E-state index >= 15 is 0 Å². The number of hydrogen-bond donors (Lipinski definition) is 2. The van der Waals surface area contributed by atoms with E-state index < -0.39 is 0 Å². The van der Waals surface area contributed by atoms with Crippen LogP contribution in [-0.4, -0.2) is 21.3 Å². The smallest absolute Gasteiger partial charge is 0.329 e. The molecule has 0 radical (unpaired) electrons. The Morgan fingerprint density at radius 3 is 2.32 bits per heavy atom. The molecule has 4 aliphatic rings. The van der Waals surface area contributed by atoms with Gasteiger partial charge >= 0.3 is 5.69 Å². The first kappa shape index (κ1) is 11.7. The Balaban J connectivity index is 1.71. The first-order chi connectivity index (χ1) is 9.18. The van der Waals surface area contributed by atoms with Gasteiger partial charge in [-0.1, -0.05) is 0 Å². The van der Waals surface area contributed by atoms with Gasteiger partial charge in [0, 0.05) is 12.0 Å². The monoisotopic (exact) mass is 262 g/mol. The van der Waals surface area contributed by atoms with Gasteiger partial charge in [-0.15, -0.1) is 0 Å². The third-order valence-corrected chi connectivity index (χ3v) is 5.56. The van der Waals surface area contributed by atoms with Crippen LogP contribution < -0.4 is 11.4 Å².